The van der Waals surface area contributed by atoms with Gasteiger partial charge in [-0.1, -0.05) is 12.1 Å². The van der Waals surface area contributed by atoms with Crippen molar-refractivity contribution in [3.63, 3.8) is 0 Å². The molecule has 1 amide bonds. The van der Waals surface area contributed by atoms with Gasteiger partial charge >= 0.3 is 0 Å². The van der Waals surface area contributed by atoms with E-state index in [-0.39, 0.29) is 12.3 Å². The Morgan fingerprint density at radius 1 is 0.972 bits per heavy atom. The van der Waals surface area contributed by atoms with Crippen LogP contribution in [0.25, 0.3) is 28.2 Å². The van der Waals surface area contributed by atoms with E-state index in [0.717, 1.165) is 16.8 Å². The minimum absolute atomic E-state index is 0.162. The second-order valence-corrected chi connectivity index (χ2v) is 8.01. The molecule has 3 aromatic heterocycles. The lowest BCUT2D eigenvalue weighted by atomic mass is 10.1. The zero-order chi connectivity index (χ0) is 25.1. The first-order chi connectivity index (χ1) is 17.6. The second-order valence-electron chi connectivity index (χ2n) is 8.01. The average Bonchev–Trinajstić information content (AvgIpc) is 3.29. The van der Waals surface area contributed by atoms with Crippen LogP contribution in [0.5, 0.6) is 11.5 Å². The Bertz CT molecular complexity index is 1550. The lowest BCUT2D eigenvalue weighted by molar-refractivity contribution is -0.115. The van der Waals surface area contributed by atoms with Gasteiger partial charge in [0.15, 0.2) is 11.5 Å². The average molecular weight is 481 g/mol. The van der Waals surface area contributed by atoms with E-state index in [1.807, 2.05) is 53.1 Å². The SMILES string of the molecule is COc1ccc(NC(=O)Cc2ccc(-n3c(-c4cccnc4N)nc4cccnc43)cc2)c(OC)c1. The Morgan fingerprint density at radius 3 is 2.50 bits per heavy atom. The number of nitrogens with zero attached hydrogens (tertiary/aromatic N) is 4. The summed E-state index contributed by atoms with van der Waals surface area (Å²) in [6.07, 6.45) is 3.56. The molecule has 0 fully saturated rings. The van der Waals surface area contributed by atoms with Crippen molar-refractivity contribution in [1.82, 2.24) is 19.5 Å². The highest BCUT2D eigenvalue weighted by Crippen LogP contribution is 2.31. The molecular formula is C27H24N6O3. The van der Waals surface area contributed by atoms with Crippen molar-refractivity contribution in [3.05, 3.63) is 84.7 Å². The summed E-state index contributed by atoms with van der Waals surface area (Å²) in [6.45, 7) is 0. The number of hydrogen-bond donors (Lipinski definition) is 2. The Kier molecular flexibility index (Phi) is 6.19. The normalized spacial score (nSPS) is 10.8. The molecular weight excluding hydrogens is 456 g/mol. The van der Waals surface area contributed by atoms with Crippen LogP contribution in [0.15, 0.2) is 79.1 Å². The molecule has 0 saturated heterocycles. The number of nitrogens with one attached hydrogen (secondary N) is 1. The number of nitrogens with two attached hydrogens (primary N) is 1. The summed E-state index contributed by atoms with van der Waals surface area (Å²) in [7, 11) is 3.12. The third-order valence-electron chi connectivity index (χ3n) is 5.74. The van der Waals surface area contributed by atoms with Crippen LogP contribution in [0, 0.1) is 0 Å². The number of benzene rings is 2. The van der Waals surface area contributed by atoms with Gasteiger partial charge in [0.1, 0.15) is 22.8 Å². The number of fused-ring (bicyclic) bond motifs is 1. The molecule has 0 spiro atoms. The first-order valence-electron chi connectivity index (χ1n) is 11.2. The molecule has 3 heterocycles. The summed E-state index contributed by atoms with van der Waals surface area (Å²) < 4.78 is 12.5. The van der Waals surface area contributed by atoms with Crippen molar-refractivity contribution in [2.24, 2.45) is 0 Å². The van der Waals surface area contributed by atoms with Gasteiger partial charge in [-0.05, 0) is 54.1 Å². The van der Waals surface area contributed by atoms with Gasteiger partial charge in [-0.3, -0.25) is 9.36 Å². The van der Waals surface area contributed by atoms with Gasteiger partial charge in [0.05, 0.1) is 31.9 Å². The first-order valence-corrected chi connectivity index (χ1v) is 11.2. The number of pyridine rings is 2. The molecule has 5 aromatic rings. The van der Waals surface area contributed by atoms with Gasteiger partial charge in [0.25, 0.3) is 0 Å². The largest absolute Gasteiger partial charge is 0.497 e. The number of imidazole rings is 1. The topological polar surface area (TPSA) is 117 Å². The number of carbonyl (C=O) groups excluding carboxylic acids is 1. The predicted octanol–water partition coefficient (Wildman–Crippen LogP) is 4.26. The quantitative estimate of drug-likeness (QED) is 0.357. The van der Waals surface area contributed by atoms with Crippen molar-refractivity contribution < 1.29 is 14.3 Å². The molecule has 0 radical (unpaired) electrons. The minimum Gasteiger partial charge on any atom is -0.497 e. The number of methoxy groups -OCH3 is 2. The van der Waals surface area contributed by atoms with Crippen molar-refractivity contribution in [1.29, 1.82) is 0 Å². The summed E-state index contributed by atoms with van der Waals surface area (Å²) in [5.41, 5.74) is 10.6. The van der Waals surface area contributed by atoms with Crippen molar-refractivity contribution in [2.75, 3.05) is 25.3 Å². The van der Waals surface area contributed by atoms with Crippen LogP contribution in [0.1, 0.15) is 5.56 Å². The van der Waals surface area contributed by atoms with Crippen LogP contribution in [0.2, 0.25) is 0 Å². The molecule has 3 N–H and O–H groups in total. The number of aromatic nitrogens is 4. The molecule has 0 aliphatic heterocycles. The highest BCUT2D eigenvalue weighted by molar-refractivity contribution is 5.94. The highest BCUT2D eigenvalue weighted by atomic mass is 16.5. The summed E-state index contributed by atoms with van der Waals surface area (Å²) >= 11 is 0. The number of ether oxygens (including phenoxy) is 2. The standard InChI is InChI=1S/C27H24N6O3/c1-35-19-11-12-21(23(16-19)36-2)31-24(34)15-17-7-9-18(10-8-17)33-26(20-5-3-13-29-25(20)28)32-22-6-4-14-30-27(22)33/h3-14,16H,15H2,1-2H3,(H2,28,29)(H,31,34). The lowest BCUT2D eigenvalue weighted by Crippen LogP contribution is -2.15. The molecule has 0 unspecified atom stereocenters. The number of amides is 1. The molecule has 0 aliphatic carbocycles. The van der Waals surface area contributed by atoms with Crippen molar-refractivity contribution in [3.8, 4) is 28.6 Å². The van der Waals surface area contributed by atoms with Crippen LogP contribution in [-0.2, 0) is 11.2 Å². The number of nitrogen functional groups attached to an aromatic ring is 1. The van der Waals surface area contributed by atoms with Gasteiger partial charge in [-0.25, -0.2) is 15.0 Å². The van der Waals surface area contributed by atoms with E-state index in [1.54, 1.807) is 44.8 Å². The second kappa shape index (κ2) is 9.75. The monoisotopic (exact) mass is 480 g/mol. The minimum atomic E-state index is -0.162. The fraction of sp³-hybridized carbons (Fsp3) is 0.111. The molecule has 0 bridgehead atoms. The van der Waals surface area contributed by atoms with Crippen LogP contribution in [-0.4, -0.2) is 39.6 Å². The Hall–Kier alpha value is -4.92. The van der Waals surface area contributed by atoms with E-state index >= 15 is 0 Å². The molecule has 180 valence electrons. The van der Waals surface area contributed by atoms with E-state index in [0.29, 0.717) is 40.0 Å². The van der Waals surface area contributed by atoms with E-state index in [4.69, 9.17) is 20.2 Å². The Morgan fingerprint density at radius 2 is 1.75 bits per heavy atom. The summed E-state index contributed by atoms with van der Waals surface area (Å²) in [5, 5.41) is 2.90. The van der Waals surface area contributed by atoms with Gasteiger partial charge in [0.2, 0.25) is 5.91 Å². The number of hydrogen-bond acceptors (Lipinski definition) is 7. The third-order valence-corrected chi connectivity index (χ3v) is 5.74. The zero-order valence-corrected chi connectivity index (χ0v) is 19.8. The maximum absolute atomic E-state index is 12.7. The molecule has 0 atom stereocenters. The molecule has 9 nitrogen and oxygen atoms in total. The first kappa shape index (κ1) is 22.9. The van der Waals surface area contributed by atoms with Gasteiger partial charge in [-0.15, -0.1) is 0 Å². The van der Waals surface area contributed by atoms with E-state index in [9.17, 15) is 4.79 Å². The van der Waals surface area contributed by atoms with Crippen molar-refractivity contribution in [2.45, 2.75) is 6.42 Å². The molecule has 2 aromatic carbocycles. The van der Waals surface area contributed by atoms with Crippen LogP contribution < -0.4 is 20.5 Å². The maximum Gasteiger partial charge on any atom is 0.228 e. The molecule has 0 aliphatic rings. The van der Waals surface area contributed by atoms with E-state index in [2.05, 4.69) is 15.3 Å². The van der Waals surface area contributed by atoms with Crippen LogP contribution in [0.4, 0.5) is 11.5 Å². The maximum atomic E-state index is 12.7. The van der Waals surface area contributed by atoms with Crippen molar-refractivity contribution >= 4 is 28.6 Å². The number of rotatable bonds is 7. The fourth-order valence-corrected chi connectivity index (χ4v) is 3.99. The lowest BCUT2D eigenvalue weighted by Gasteiger charge is -2.12. The molecule has 36 heavy (non-hydrogen) atoms. The molecule has 9 heteroatoms. The zero-order valence-electron chi connectivity index (χ0n) is 19.8. The summed E-state index contributed by atoms with van der Waals surface area (Å²) in [5.74, 6) is 2.04. The predicted molar refractivity (Wildman–Crippen MR) is 138 cm³/mol. The van der Waals surface area contributed by atoms with E-state index in [1.165, 1.54) is 0 Å². The molecule has 5 rings (SSSR count). The number of anilines is 2. The van der Waals surface area contributed by atoms with Crippen LogP contribution >= 0.6 is 0 Å². The van der Waals surface area contributed by atoms with Gasteiger partial charge in [0, 0.05) is 24.1 Å². The Labute approximate surface area is 207 Å². The third kappa shape index (κ3) is 4.41. The van der Waals surface area contributed by atoms with E-state index < -0.39 is 0 Å². The van der Waals surface area contributed by atoms with Gasteiger partial charge in [-0.2, -0.15) is 0 Å². The number of carbonyl (C=O) groups is 1. The summed E-state index contributed by atoms with van der Waals surface area (Å²) in [6, 6.07) is 20.4. The smallest absolute Gasteiger partial charge is 0.228 e. The Balaban J connectivity index is 1.42. The van der Waals surface area contributed by atoms with Gasteiger partial charge < -0.3 is 20.5 Å². The fourth-order valence-electron chi connectivity index (χ4n) is 3.99. The summed E-state index contributed by atoms with van der Waals surface area (Å²) in [4.78, 5) is 26.2. The van der Waals surface area contributed by atoms with Crippen LogP contribution in [0.3, 0.4) is 0 Å². The molecule has 0 saturated carbocycles. The highest BCUT2D eigenvalue weighted by Gasteiger charge is 2.18.